The van der Waals surface area contributed by atoms with Crippen LogP contribution >= 0.6 is 0 Å². The molecular formula is C20H23FN6O. The third-order valence-electron chi connectivity index (χ3n) is 4.35. The molecule has 0 aliphatic rings. The molecule has 2 aromatic heterocycles. The first-order valence-electron chi connectivity index (χ1n) is 9.04. The smallest absolute Gasteiger partial charge is 0.224 e. The Morgan fingerprint density at radius 2 is 1.86 bits per heavy atom. The van der Waals surface area contributed by atoms with E-state index >= 15 is 0 Å². The molecule has 0 radical (unpaired) electrons. The lowest BCUT2D eigenvalue weighted by Gasteiger charge is -2.11. The normalized spacial score (nSPS) is 10.7. The molecule has 0 aliphatic carbocycles. The molecule has 0 unspecified atom stereocenters. The van der Waals surface area contributed by atoms with E-state index < -0.39 is 0 Å². The summed E-state index contributed by atoms with van der Waals surface area (Å²) in [5, 5.41) is 6.04. The van der Waals surface area contributed by atoms with Gasteiger partial charge in [0.25, 0.3) is 0 Å². The number of rotatable bonds is 7. The van der Waals surface area contributed by atoms with Crippen molar-refractivity contribution < 1.29 is 9.18 Å². The summed E-state index contributed by atoms with van der Waals surface area (Å²) in [6.07, 6.45) is 1.96. The van der Waals surface area contributed by atoms with Crippen LogP contribution in [0.3, 0.4) is 0 Å². The van der Waals surface area contributed by atoms with Crippen LogP contribution in [0.1, 0.15) is 22.8 Å². The molecule has 2 N–H and O–H groups in total. The number of benzene rings is 1. The van der Waals surface area contributed by atoms with Gasteiger partial charge in [-0.3, -0.25) is 9.36 Å². The number of hydrogen-bond donors (Lipinski definition) is 2. The summed E-state index contributed by atoms with van der Waals surface area (Å²) in [6.45, 7) is 6.74. The third kappa shape index (κ3) is 4.91. The largest absolute Gasteiger partial charge is 0.368 e. The van der Waals surface area contributed by atoms with Crippen molar-refractivity contribution >= 4 is 11.7 Å². The highest BCUT2D eigenvalue weighted by Crippen LogP contribution is 2.15. The summed E-state index contributed by atoms with van der Waals surface area (Å²) in [5.74, 6) is 1.65. The third-order valence-corrected chi connectivity index (χ3v) is 4.35. The Kier molecular flexibility index (Phi) is 5.98. The molecule has 7 nitrogen and oxygen atoms in total. The topological polar surface area (TPSA) is 84.7 Å². The number of carbonyl (C=O) groups is 1. The lowest BCUT2D eigenvalue weighted by atomic mass is 10.1. The standard InChI is InChI=1S/C20H23FN6O/c1-13-14(2)27(12-24-13)19-11-18(25-15(3)26-19)22-8-9-23-20(28)10-16-4-6-17(21)7-5-16/h4-7,11-12H,8-10H2,1-3H3,(H,23,28)(H,22,25,26). The number of carbonyl (C=O) groups excluding carboxylic acids is 1. The molecule has 2 heterocycles. The van der Waals surface area contributed by atoms with Gasteiger partial charge < -0.3 is 10.6 Å². The van der Waals surface area contributed by atoms with Crippen LogP contribution < -0.4 is 10.6 Å². The van der Waals surface area contributed by atoms with Crippen LogP contribution in [0.25, 0.3) is 5.82 Å². The first-order chi connectivity index (χ1) is 13.4. The van der Waals surface area contributed by atoms with Crippen molar-refractivity contribution in [2.75, 3.05) is 18.4 Å². The molecule has 1 aromatic carbocycles. The van der Waals surface area contributed by atoms with Gasteiger partial charge in [0, 0.05) is 24.8 Å². The highest BCUT2D eigenvalue weighted by Gasteiger charge is 2.09. The maximum Gasteiger partial charge on any atom is 0.224 e. The van der Waals surface area contributed by atoms with Crippen molar-refractivity contribution in [2.24, 2.45) is 0 Å². The lowest BCUT2D eigenvalue weighted by molar-refractivity contribution is -0.120. The molecule has 0 fully saturated rings. The van der Waals surface area contributed by atoms with E-state index in [1.807, 2.05) is 31.4 Å². The van der Waals surface area contributed by atoms with Gasteiger partial charge in [0.15, 0.2) is 0 Å². The van der Waals surface area contributed by atoms with Gasteiger partial charge in [-0.15, -0.1) is 0 Å². The van der Waals surface area contributed by atoms with Crippen molar-refractivity contribution in [1.29, 1.82) is 0 Å². The van der Waals surface area contributed by atoms with Crippen molar-refractivity contribution in [1.82, 2.24) is 24.8 Å². The first-order valence-corrected chi connectivity index (χ1v) is 9.04. The SMILES string of the molecule is Cc1nc(NCCNC(=O)Cc2ccc(F)cc2)cc(-n2cnc(C)c2C)n1. The molecule has 0 saturated heterocycles. The van der Waals surface area contributed by atoms with Gasteiger partial charge in [-0.25, -0.2) is 19.3 Å². The predicted octanol–water partition coefficient (Wildman–Crippen LogP) is 2.50. The van der Waals surface area contributed by atoms with E-state index in [-0.39, 0.29) is 18.1 Å². The monoisotopic (exact) mass is 382 g/mol. The Hall–Kier alpha value is -3.29. The minimum absolute atomic E-state index is 0.113. The quantitative estimate of drug-likeness (QED) is 0.614. The molecule has 0 saturated carbocycles. The second-order valence-corrected chi connectivity index (χ2v) is 6.52. The number of aryl methyl sites for hydroxylation is 2. The highest BCUT2D eigenvalue weighted by atomic mass is 19.1. The van der Waals surface area contributed by atoms with Gasteiger partial charge in [0.2, 0.25) is 5.91 Å². The van der Waals surface area contributed by atoms with Gasteiger partial charge in [0.05, 0.1) is 12.1 Å². The molecule has 28 heavy (non-hydrogen) atoms. The van der Waals surface area contributed by atoms with Crippen LogP contribution in [0.5, 0.6) is 0 Å². The second-order valence-electron chi connectivity index (χ2n) is 6.52. The fourth-order valence-electron chi connectivity index (χ4n) is 2.74. The van der Waals surface area contributed by atoms with E-state index in [2.05, 4.69) is 25.6 Å². The van der Waals surface area contributed by atoms with E-state index in [4.69, 9.17) is 0 Å². The molecule has 0 spiro atoms. The number of aromatic nitrogens is 4. The van der Waals surface area contributed by atoms with Crippen molar-refractivity contribution in [3.63, 3.8) is 0 Å². The number of nitrogens with one attached hydrogen (secondary N) is 2. The number of hydrogen-bond acceptors (Lipinski definition) is 5. The summed E-state index contributed by atoms with van der Waals surface area (Å²) >= 11 is 0. The Balaban J connectivity index is 1.52. The van der Waals surface area contributed by atoms with Crippen LogP contribution in [0.4, 0.5) is 10.2 Å². The minimum Gasteiger partial charge on any atom is -0.368 e. The minimum atomic E-state index is -0.311. The Morgan fingerprint density at radius 3 is 2.54 bits per heavy atom. The molecule has 146 valence electrons. The molecule has 0 aliphatic heterocycles. The zero-order valence-electron chi connectivity index (χ0n) is 16.2. The zero-order valence-corrected chi connectivity index (χ0v) is 16.2. The van der Waals surface area contributed by atoms with E-state index in [0.29, 0.717) is 24.7 Å². The Bertz CT molecular complexity index is 967. The van der Waals surface area contributed by atoms with Gasteiger partial charge in [-0.1, -0.05) is 12.1 Å². The molecule has 0 atom stereocenters. The van der Waals surface area contributed by atoms with E-state index in [1.54, 1.807) is 18.5 Å². The highest BCUT2D eigenvalue weighted by molar-refractivity contribution is 5.78. The Morgan fingerprint density at radius 1 is 1.11 bits per heavy atom. The van der Waals surface area contributed by atoms with Gasteiger partial charge >= 0.3 is 0 Å². The van der Waals surface area contributed by atoms with Crippen LogP contribution in [0, 0.1) is 26.6 Å². The summed E-state index contributed by atoms with van der Waals surface area (Å²) in [5.41, 5.74) is 2.75. The average molecular weight is 382 g/mol. The maximum absolute atomic E-state index is 12.9. The lowest BCUT2D eigenvalue weighted by Crippen LogP contribution is -2.30. The van der Waals surface area contributed by atoms with E-state index in [0.717, 1.165) is 22.8 Å². The van der Waals surface area contributed by atoms with Crippen molar-refractivity contribution in [3.8, 4) is 5.82 Å². The van der Waals surface area contributed by atoms with Crippen LogP contribution in [-0.4, -0.2) is 38.5 Å². The number of halogens is 1. The number of amides is 1. The van der Waals surface area contributed by atoms with E-state index in [1.165, 1.54) is 12.1 Å². The van der Waals surface area contributed by atoms with Crippen LogP contribution in [0.2, 0.25) is 0 Å². The first kappa shape index (κ1) is 19.5. The Labute approximate surface area is 163 Å². The fourth-order valence-corrected chi connectivity index (χ4v) is 2.74. The second kappa shape index (κ2) is 8.60. The summed E-state index contributed by atoms with van der Waals surface area (Å²) in [7, 11) is 0. The number of nitrogens with zero attached hydrogens (tertiary/aromatic N) is 4. The average Bonchev–Trinajstić information content (AvgIpc) is 2.99. The van der Waals surface area contributed by atoms with Gasteiger partial charge in [-0.05, 0) is 38.5 Å². The molecule has 8 heteroatoms. The van der Waals surface area contributed by atoms with Gasteiger partial charge in [-0.2, -0.15) is 0 Å². The fraction of sp³-hybridized carbons (Fsp3) is 0.300. The van der Waals surface area contributed by atoms with Crippen molar-refractivity contribution in [2.45, 2.75) is 27.2 Å². The van der Waals surface area contributed by atoms with Crippen LogP contribution in [0.15, 0.2) is 36.7 Å². The maximum atomic E-state index is 12.9. The molecular weight excluding hydrogens is 359 g/mol. The summed E-state index contributed by atoms with van der Waals surface area (Å²) in [6, 6.07) is 7.77. The molecule has 1 amide bonds. The summed E-state index contributed by atoms with van der Waals surface area (Å²) < 4.78 is 14.8. The van der Waals surface area contributed by atoms with E-state index in [9.17, 15) is 9.18 Å². The molecule has 3 aromatic rings. The van der Waals surface area contributed by atoms with Gasteiger partial charge in [0.1, 0.15) is 29.6 Å². The van der Waals surface area contributed by atoms with Crippen molar-refractivity contribution in [3.05, 3.63) is 65.3 Å². The predicted molar refractivity (Wildman–Crippen MR) is 105 cm³/mol. The zero-order chi connectivity index (χ0) is 20.1. The summed E-state index contributed by atoms with van der Waals surface area (Å²) in [4.78, 5) is 25.1. The molecule has 0 bridgehead atoms. The van der Waals surface area contributed by atoms with Crippen LogP contribution in [-0.2, 0) is 11.2 Å². The number of imidazole rings is 1. The number of anilines is 1. The molecule has 3 rings (SSSR count).